The van der Waals surface area contributed by atoms with Gasteiger partial charge in [-0.1, -0.05) is 30.3 Å². The van der Waals surface area contributed by atoms with Crippen LogP contribution in [0.15, 0.2) is 54.6 Å². The summed E-state index contributed by atoms with van der Waals surface area (Å²) in [7, 11) is 0. The molecule has 0 fully saturated rings. The monoisotopic (exact) mass is 374 g/mol. The van der Waals surface area contributed by atoms with E-state index in [1.165, 1.54) is 5.56 Å². The quantitative estimate of drug-likeness (QED) is 0.727. The summed E-state index contributed by atoms with van der Waals surface area (Å²) >= 11 is 0. The topological polar surface area (TPSA) is 67.3 Å². The zero-order valence-electron chi connectivity index (χ0n) is 16.0. The highest BCUT2D eigenvalue weighted by Gasteiger charge is 2.26. The molecule has 6 nitrogen and oxygen atoms in total. The standard InChI is InChI=1S/C22H22N4O2/c1-3-28-20-11-7-5-9-17(20)25-21-14-18(23-15(2)24-21)22(27)26-13-12-16-8-4-6-10-19(16)26/h4-11,14H,3,12-13H2,1-2H3,(H,23,24,25). The number of ether oxygens (including phenoxy) is 1. The van der Waals surface area contributed by atoms with E-state index in [0.717, 1.165) is 23.5 Å². The first-order valence-electron chi connectivity index (χ1n) is 9.40. The highest BCUT2D eigenvalue weighted by molar-refractivity contribution is 6.06. The summed E-state index contributed by atoms with van der Waals surface area (Å²) in [4.78, 5) is 23.7. The molecule has 0 unspecified atom stereocenters. The highest BCUT2D eigenvalue weighted by Crippen LogP contribution is 2.30. The van der Waals surface area contributed by atoms with Crippen LogP contribution in [-0.2, 0) is 6.42 Å². The maximum atomic E-state index is 13.1. The van der Waals surface area contributed by atoms with Gasteiger partial charge < -0.3 is 15.0 Å². The molecule has 0 spiro atoms. The summed E-state index contributed by atoms with van der Waals surface area (Å²) < 4.78 is 5.66. The van der Waals surface area contributed by atoms with Crippen LogP contribution in [-0.4, -0.2) is 29.0 Å². The first-order chi connectivity index (χ1) is 13.7. The van der Waals surface area contributed by atoms with Crippen molar-refractivity contribution in [1.29, 1.82) is 0 Å². The van der Waals surface area contributed by atoms with Crippen molar-refractivity contribution in [1.82, 2.24) is 9.97 Å². The maximum Gasteiger partial charge on any atom is 0.277 e. The summed E-state index contributed by atoms with van der Waals surface area (Å²) in [5.74, 6) is 1.73. The van der Waals surface area contributed by atoms with Crippen LogP contribution in [0.2, 0.25) is 0 Å². The maximum absolute atomic E-state index is 13.1. The number of carbonyl (C=O) groups is 1. The largest absolute Gasteiger partial charge is 0.492 e. The van der Waals surface area contributed by atoms with Gasteiger partial charge in [-0.15, -0.1) is 0 Å². The lowest BCUT2D eigenvalue weighted by atomic mass is 10.2. The molecule has 0 saturated carbocycles. The molecule has 142 valence electrons. The molecule has 1 amide bonds. The van der Waals surface area contributed by atoms with Crippen molar-refractivity contribution in [2.24, 2.45) is 0 Å². The second kappa shape index (κ2) is 7.68. The molecule has 1 N–H and O–H groups in total. The minimum atomic E-state index is -0.114. The third-order valence-electron chi connectivity index (χ3n) is 4.64. The number of nitrogens with one attached hydrogen (secondary N) is 1. The molecule has 2 aromatic carbocycles. The van der Waals surface area contributed by atoms with Crippen LogP contribution < -0.4 is 15.0 Å². The van der Waals surface area contributed by atoms with E-state index in [4.69, 9.17) is 4.74 Å². The van der Waals surface area contributed by atoms with Crippen molar-refractivity contribution in [3.63, 3.8) is 0 Å². The van der Waals surface area contributed by atoms with E-state index >= 15 is 0 Å². The van der Waals surface area contributed by atoms with Crippen molar-refractivity contribution in [3.05, 3.63) is 71.7 Å². The average molecular weight is 374 g/mol. The van der Waals surface area contributed by atoms with Gasteiger partial charge in [0, 0.05) is 18.3 Å². The van der Waals surface area contributed by atoms with Gasteiger partial charge in [0.1, 0.15) is 23.1 Å². The van der Waals surface area contributed by atoms with Gasteiger partial charge in [0.15, 0.2) is 0 Å². The molecule has 0 atom stereocenters. The predicted octanol–water partition coefficient (Wildman–Crippen LogP) is 4.13. The van der Waals surface area contributed by atoms with E-state index in [9.17, 15) is 4.79 Å². The summed E-state index contributed by atoms with van der Waals surface area (Å²) in [5.41, 5.74) is 3.32. The van der Waals surface area contributed by atoms with Gasteiger partial charge in [0.05, 0.1) is 12.3 Å². The molecule has 1 aliphatic rings. The number of hydrogen-bond donors (Lipinski definition) is 1. The third kappa shape index (κ3) is 3.53. The zero-order valence-corrected chi connectivity index (χ0v) is 16.0. The van der Waals surface area contributed by atoms with Crippen LogP contribution in [0.25, 0.3) is 0 Å². The van der Waals surface area contributed by atoms with E-state index in [0.29, 0.717) is 30.5 Å². The van der Waals surface area contributed by atoms with E-state index < -0.39 is 0 Å². The molecule has 2 heterocycles. The summed E-state index contributed by atoms with van der Waals surface area (Å²) in [6.45, 7) is 4.96. The molecule has 28 heavy (non-hydrogen) atoms. The molecule has 1 aliphatic heterocycles. The fourth-order valence-corrected chi connectivity index (χ4v) is 3.42. The smallest absolute Gasteiger partial charge is 0.277 e. The van der Waals surface area contributed by atoms with Crippen LogP contribution in [0, 0.1) is 6.92 Å². The second-order valence-electron chi connectivity index (χ2n) is 6.58. The lowest BCUT2D eigenvalue weighted by Crippen LogP contribution is -2.30. The van der Waals surface area contributed by atoms with Gasteiger partial charge in [0.25, 0.3) is 5.91 Å². The lowest BCUT2D eigenvalue weighted by Gasteiger charge is -2.18. The number of aromatic nitrogens is 2. The molecule has 1 aromatic heterocycles. The van der Waals surface area contributed by atoms with Gasteiger partial charge in [-0.2, -0.15) is 0 Å². The minimum Gasteiger partial charge on any atom is -0.492 e. The molecular formula is C22H22N4O2. The van der Waals surface area contributed by atoms with Crippen molar-refractivity contribution in [3.8, 4) is 5.75 Å². The Morgan fingerprint density at radius 3 is 2.79 bits per heavy atom. The number of amides is 1. The molecule has 0 radical (unpaired) electrons. The van der Waals surface area contributed by atoms with Gasteiger partial charge in [-0.05, 0) is 44.0 Å². The number of para-hydroxylation sites is 3. The Bertz CT molecular complexity index is 1020. The molecule has 0 aliphatic carbocycles. The number of hydrogen-bond acceptors (Lipinski definition) is 5. The van der Waals surface area contributed by atoms with E-state index in [2.05, 4.69) is 21.4 Å². The highest BCUT2D eigenvalue weighted by atomic mass is 16.5. The first kappa shape index (κ1) is 18.0. The van der Waals surface area contributed by atoms with E-state index in [1.54, 1.807) is 17.9 Å². The van der Waals surface area contributed by atoms with Crippen LogP contribution in [0.4, 0.5) is 17.2 Å². The predicted molar refractivity (Wildman–Crippen MR) is 109 cm³/mol. The van der Waals surface area contributed by atoms with Crippen LogP contribution in [0.5, 0.6) is 5.75 Å². The summed E-state index contributed by atoms with van der Waals surface area (Å²) in [5, 5.41) is 3.26. The van der Waals surface area contributed by atoms with Crippen molar-refractivity contribution in [2.75, 3.05) is 23.4 Å². The van der Waals surface area contributed by atoms with E-state index in [-0.39, 0.29) is 5.91 Å². The Labute approximate surface area is 164 Å². The van der Waals surface area contributed by atoms with E-state index in [1.807, 2.05) is 49.4 Å². The molecule has 0 bridgehead atoms. The fraction of sp³-hybridized carbons (Fsp3) is 0.227. The molecular weight excluding hydrogens is 352 g/mol. The molecule has 3 aromatic rings. The Balaban J connectivity index is 1.62. The Morgan fingerprint density at radius 1 is 1.14 bits per heavy atom. The lowest BCUT2D eigenvalue weighted by molar-refractivity contribution is 0.0984. The molecule has 6 heteroatoms. The zero-order chi connectivity index (χ0) is 19.5. The first-order valence-corrected chi connectivity index (χ1v) is 9.40. The second-order valence-corrected chi connectivity index (χ2v) is 6.58. The number of anilines is 3. The molecule has 4 rings (SSSR count). The normalized spacial score (nSPS) is 12.6. The van der Waals surface area contributed by atoms with Crippen LogP contribution in [0.3, 0.4) is 0 Å². The van der Waals surface area contributed by atoms with Crippen molar-refractivity contribution >= 4 is 23.1 Å². The number of carbonyl (C=O) groups excluding carboxylic acids is 1. The fourth-order valence-electron chi connectivity index (χ4n) is 3.42. The summed E-state index contributed by atoms with van der Waals surface area (Å²) in [6, 6.07) is 17.3. The number of fused-ring (bicyclic) bond motifs is 1. The Kier molecular flexibility index (Phi) is 4.93. The summed E-state index contributed by atoms with van der Waals surface area (Å²) in [6.07, 6.45) is 0.860. The van der Waals surface area contributed by atoms with Gasteiger partial charge >= 0.3 is 0 Å². The number of aryl methyl sites for hydroxylation is 1. The van der Waals surface area contributed by atoms with Crippen molar-refractivity contribution < 1.29 is 9.53 Å². The number of nitrogens with zero attached hydrogens (tertiary/aromatic N) is 3. The van der Waals surface area contributed by atoms with Gasteiger partial charge in [0.2, 0.25) is 0 Å². The average Bonchev–Trinajstić information content (AvgIpc) is 3.13. The minimum absolute atomic E-state index is 0.114. The third-order valence-corrected chi connectivity index (χ3v) is 4.64. The SMILES string of the molecule is CCOc1ccccc1Nc1cc(C(=O)N2CCc3ccccc32)nc(C)n1. The van der Waals surface area contributed by atoms with Crippen molar-refractivity contribution in [2.45, 2.75) is 20.3 Å². The van der Waals surface area contributed by atoms with Crippen LogP contribution in [0.1, 0.15) is 28.8 Å². The Morgan fingerprint density at radius 2 is 1.93 bits per heavy atom. The van der Waals surface area contributed by atoms with Gasteiger partial charge in [-0.3, -0.25) is 4.79 Å². The Hall–Kier alpha value is -3.41. The number of rotatable bonds is 5. The van der Waals surface area contributed by atoms with Crippen LogP contribution >= 0.6 is 0 Å². The number of benzene rings is 2. The van der Waals surface area contributed by atoms with Gasteiger partial charge in [-0.25, -0.2) is 9.97 Å². The molecule has 0 saturated heterocycles.